The fraction of sp³-hybridized carbons (Fsp3) is 0.259. The number of piperazine rings is 1. The van der Waals surface area contributed by atoms with Gasteiger partial charge in [0.1, 0.15) is 11.5 Å². The summed E-state index contributed by atoms with van der Waals surface area (Å²) in [5.74, 6) is 0.0972. The molecule has 0 spiro atoms. The molecule has 38 heavy (non-hydrogen) atoms. The van der Waals surface area contributed by atoms with Crippen LogP contribution in [0.15, 0.2) is 66.7 Å². The number of hydrogen-bond acceptors (Lipinski definition) is 5. The van der Waals surface area contributed by atoms with E-state index in [1.54, 1.807) is 48.5 Å². The number of rotatable bonds is 8. The monoisotopic (exact) mass is 527 g/mol. The first-order chi connectivity index (χ1) is 18.2. The number of nitrogens with one attached hydrogen (secondary N) is 3. The Morgan fingerprint density at radius 3 is 2.50 bits per heavy atom. The van der Waals surface area contributed by atoms with E-state index in [1.807, 2.05) is 0 Å². The Bertz CT molecular complexity index is 1290. The molecule has 5 N–H and O–H groups in total. The minimum absolute atomic E-state index is 0.0899. The Labute approximate surface area is 218 Å². The van der Waals surface area contributed by atoms with Crippen molar-refractivity contribution in [3.05, 3.63) is 89.0 Å². The second-order valence-corrected chi connectivity index (χ2v) is 8.81. The first-order valence-electron chi connectivity index (χ1n) is 12.0. The summed E-state index contributed by atoms with van der Waals surface area (Å²) in [7, 11) is 0. The summed E-state index contributed by atoms with van der Waals surface area (Å²) in [4.78, 5) is 26.4. The van der Waals surface area contributed by atoms with Gasteiger partial charge in [0.15, 0.2) is 0 Å². The van der Waals surface area contributed by atoms with Gasteiger partial charge in [0, 0.05) is 45.0 Å². The van der Waals surface area contributed by atoms with E-state index in [4.69, 9.17) is 10.5 Å². The van der Waals surface area contributed by atoms with E-state index in [2.05, 4.69) is 20.9 Å². The molecule has 4 rings (SSSR count). The maximum Gasteiger partial charge on any atom is 0.416 e. The van der Waals surface area contributed by atoms with Crippen LogP contribution in [0.1, 0.15) is 27.0 Å². The van der Waals surface area contributed by atoms with E-state index in [9.17, 15) is 22.8 Å². The maximum absolute atomic E-state index is 13.3. The molecule has 0 saturated carbocycles. The number of primary amides is 1. The van der Waals surface area contributed by atoms with Gasteiger partial charge in [-0.15, -0.1) is 0 Å². The van der Waals surface area contributed by atoms with Gasteiger partial charge in [-0.25, -0.2) is 4.79 Å². The lowest BCUT2D eigenvalue weighted by atomic mass is 10.1. The molecule has 3 aromatic carbocycles. The number of alkyl halides is 3. The predicted molar refractivity (Wildman–Crippen MR) is 137 cm³/mol. The van der Waals surface area contributed by atoms with Crippen LogP contribution >= 0.6 is 0 Å². The third-order valence-electron chi connectivity index (χ3n) is 6.02. The van der Waals surface area contributed by atoms with Gasteiger partial charge >= 0.3 is 12.2 Å². The highest BCUT2D eigenvalue weighted by Crippen LogP contribution is 2.33. The van der Waals surface area contributed by atoms with Crippen molar-refractivity contribution in [2.24, 2.45) is 5.73 Å². The third kappa shape index (κ3) is 7.24. The Kier molecular flexibility index (Phi) is 8.49. The second-order valence-electron chi connectivity index (χ2n) is 8.81. The van der Waals surface area contributed by atoms with E-state index in [0.717, 1.165) is 38.3 Å². The Balaban J connectivity index is 1.43. The summed E-state index contributed by atoms with van der Waals surface area (Å²) in [6.45, 7) is 3.61. The minimum atomic E-state index is -4.53. The van der Waals surface area contributed by atoms with E-state index in [0.29, 0.717) is 29.2 Å². The number of amides is 3. The topological polar surface area (TPSA) is 109 Å². The number of nitrogens with zero attached hydrogens (tertiary/aromatic N) is 1. The number of nitrogens with two attached hydrogens (primary N) is 1. The zero-order valence-electron chi connectivity index (χ0n) is 20.5. The number of anilines is 1. The predicted octanol–water partition coefficient (Wildman–Crippen LogP) is 4.32. The first kappa shape index (κ1) is 27.0. The van der Waals surface area contributed by atoms with Crippen molar-refractivity contribution in [1.82, 2.24) is 15.5 Å². The molecule has 1 heterocycles. The molecule has 0 bridgehead atoms. The van der Waals surface area contributed by atoms with Gasteiger partial charge in [-0.05, 0) is 47.5 Å². The molecule has 0 radical (unpaired) electrons. The molecular formula is C27H28F3N5O3. The zero-order valence-corrected chi connectivity index (χ0v) is 20.5. The SMILES string of the molecule is NC(=O)c1ccccc1Oc1cccc(CNC(=O)Nc2cc(C(F)(F)F)ccc2CN2CCNCC2)c1. The Hall–Kier alpha value is -4.09. The van der Waals surface area contributed by atoms with Crippen LogP contribution in [-0.4, -0.2) is 43.0 Å². The van der Waals surface area contributed by atoms with Crippen LogP contribution in [0.25, 0.3) is 0 Å². The standard InChI is InChI=1S/C27H28F3N5O3/c28-27(29,30)20-9-8-19(17-35-12-10-32-11-13-35)23(15-20)34-26(37)33-16-18-4-3-5-21(14-18)38-24-7-2-1-6-22(24)25(31)36/h1-9,14-15,32H,10-13,16-17H2,(H2,31,36)(H2,33,34,37). The van der Waals surface area contributed by atoms with Crippen LogP contribution in [0.2, 0.25) is 0 Å². The number of benzene rings is 3. The summed E-state index contributed by atoms with van der Waals surface area (Å²) in [5.41, 5.74) is 6.17. The molecule has 1 aliphatic rings. The Morgan fingerprint density at radius 1 is 1.00 bits per heavy atom. The number of carbonyl (C=O) groups is 2. The van der Waals surface area contributed by atoms with Crippen LogP contribution in [0, 0.1) is 0 Å². The van der Waals surface area contributed by atoms with Crippen molar-refractivity contribution < 1.29 is 27.5 Å². The van der Waals surface area contributed by atoms with E-state index in [1.165, 1.54) is 6.07 Å². The largest absolute Gasteiger partial charge is 0.457 e. The lowest BCUT2D eigenvalue weighted by molar-refractivity contribution is -0.137. The van der Waals surface area contributed by atoms with Crippen LogP contribution < -0.4 is 26.4 Å². The maximum atomic E-state index is 13.3. The molecule has 0 aliphatic carbocycles. The fourth-order valence-electron chi connectivity index (χ4n) is 4.07. The summed E-state index contributed by atoms with van der Waals surface area (Å²) in [6.07, 6.45) is -4.53. The normalized spacial score (nSPS) is 14.1. The molecule has 1 saturated heterocycles. The number of hydrogen-bond donors (Lipinski definition) is 4. The molecule has 0 unspecified atom stereocenters. The molecule has 8 nitrogen and oxygen atoms in total. The van der Waals surface area contributed by atoms with Gasteiger partial charge in [0.2, 0.25) is 0 Å². The highest BCUT2D eigenvalue weighted by atomic mass is 19.4. The van der Waals surface area contributed by atoms with Crippen molar-refractivity contribution in [2.75, 3.05) is 31.5 Å². The van der Waals surface area contributed by atoms with Crippen molar-refractivity contribution in [2.45, 2.75) is 19.3 Å². The van der Waals surface area contributed by atoms with Crippen molar-refractivity contribution in [1.29, 1.82) is 0 Å². The zero-order chi connectivity index (χ0) is 27.1. The molecule has 3 aromatic rings. The second kappa shape index (κ2) is 12.0. The molecule has 11 heteroatoms. The third-order valence-corrected chi connectivity index (χ3v) is 6.02. The lowest BCUT2D eigenvalue weighted by Gasteiger charge is -2.28. The minimum Gasteiger partial charge on any atom is -0.457 e. The lowest BCUT2D eigenvalue weighted by Crippen LogP contribution is -2.43. The molecule has 1 fully saturated rings. The van der Waals surface area contributed by atoms with Crippen molar-refractivity contribution >= 4 is 17.6 Å². The quantitative estimate of drug-likeness (QED) is 0.349. The number of carbonyl (C=O) groups excluding carboxylic acids is 2. The first-order valence-corrected chi connectivity index (χ1v) is 12.0. The summed E-state index contributed by atoms with van der Waals surface area (Å²) < 4.78 is 45.8. The van der Waals surface area contributed by atoms with Gasteiger partial charge in [-0.2, -0.15) is 13.2 Å². The van der Waals surface area contributed by atoms with Gasteiger partial charge in [0.05, 0.1) is 11.1 Å². The molecule has 0 aromatic heterocycles. The van der Waals surface area contributed by atoms with E-state index < -0.39 is 23.7 Å². The van der Waals surface area contributed by atoms with Gasteiger partial charge in [-0.3, -0.25) is 9.69 Å². The summed E-state index contributed by atoms with van der Waals surface area (Å²) in [6, 6.07) is 16.1. The smallest absolute Gasteiger partial charge is 0.416 e. The number of halogens is 3. The van der Waals surface area contributed by atoms with Crippen molar-refractivity contribution in [3.63, 3.8) is 0 Å². The number of para-hydroxylation sites is 1. The van der Waals surface area contributed by atoms with Gasteiger partial charge in [-0.1, -0.05) is 30.3 Å². The molecule has 200 valence electrons. The molecule has 0 atom stereocenters. The highest BCUT2D eigenvalue weighted by molar-refractivity contribution is 5.95. The molecule has 1 aliphatic heterocycles. The fourth-order valence-corrected chi connectivity index (χ4v) is 4.07. The molecular weight excluding hydrogens is 499 g/mol. The number of urea groups is 1. The van der Waals surface area contributed by atoms with E-state index in [-0.39, 0.29) is 17.8 Å². The molecule has 3 amide bonds. The summed E-state index contributed by atoms with van der Waals surface area (Å²) in [5, 5.41) is 8.49. The average molecular weight is 528 g/mol. The van der Waals surface area contributed by atoms with Crippen molar-refractivity contribution in [3.8, 4) is 11.5 Å². The average Bonchev–Trinajstić information content (AvgIpc) is 2.89. The highest BCUT2D eigenvalue weighted by Gasteiger charge is 2.31. The number of ether oxygens (including phenoxy) is 1. The van der Waals surface area contributed by atoms with Crippen LogP contribution in [0.5, 0.6) is 11.5 Å². The van der Waals surface area contributed by atoms with Crippen LogP contribution in [0.3, 0.4) is 0 Å². The van der Waals surface area contributed by atoms with Gasteiger partial charge in [0.25, 0.3) is 5.91 Å². The Morgan fingerprint density at radius 2 is 1.76 bits per heavy atom. The summed E-state index contributed by atoms with van der Waals surface area (Å²) >= 11 is 0. The van der Waals surface area contributed by atoms with E-state index >= 15 is 0 Å². The van der Waals surface area contributed by atoms with Crippen LogP contribution in [-0.2, 0) is 19.3 Å². The van der Waals surface area contributed by atoms with Gasteiger partial charge < -0.3 is 26.4 Å². The van der Waals surface area contributed by atoms with Crippen LogP contribution in [0.4, 0.5) is 23.7 Å².